The summed E-state index contributed by atoms with van der Waals surface area (Å²) >= 11 is 0. The summed E-state index contributed by atoms with van der Waals surface area (Å²) in [5, 5.41) is 2.87. The Morgan fingerprint density at radius 1 is 0.667 bits per heavy atom. The van der Waals surface area contributed by atoms with Crippen molar-refractivity contribution in [2.24, 2.45) is 0 Å². The van der Waals surface area contributed by atoms with E-state index in [4.69, 9.17) is 0 Å². The molecule has 24 heteroatoms. The molecule has 6 nitrogen and oxygen atoms in total. The lowest BCUT2D eigenvalue weighted by Crippen LogP contribution is -2.75. The van der Waals surface area contributed by atoms with Crippen LogP contribution in [0, 0.1) is 0 Å². The number of aliphatic carboxylic acids is 1. The first-order valence-corrected chi connectivity index (χ1v) is 10.8. The molecular formula is C15H15F17N2O4S. The zero-order valence-electron chi connectivity index (χ0n) is 18.7. The van der Waals surface area contributed by atoms with E-state index < -0.39 is 93.5 Å². The second kappa shape index (κ2) is 10.2. The molecule has 0 rings (SSSR count). The van der Waals surface area contributed by atoms with E-state index in [-0.39, 0.29) is 0 Å². The van der Waals surface area contributed by atoms with Crippen molar-refractivity contribution in [3.05, 3.63) is 0 Å². The van der Waals surface area contributed by atoms with Crippen LogP contribution >= 0.6 is 0 Å². The van der Waals surface area contributed by atoms with E-state index in [2.05, 4.69) is 0 Å². The lowest BCUT2D eigenvalue weighted by Gasteiger charge is -2.42. The van der Waals surface area contributed by atoms with Crippen LogP contribution < -0.4 is 9.83 Å². The first-order valence-electron chi connectivity index (χ1n) is 9.35. The Morgan fingerprint density at radius 2 is 1.00 bits per heavy atom. The zero-order chi connectivity index (χ0) is 32.1. The largest absolute Gasteiger partial charge is 0.544 e. The van der Waals surface area contributed by atoms with Crippen LogP contribution in [0.4, 0.5) is 74.6 Å². The second-order valence-corrected chi connectivity index (χ2v) is 10.2. The van der Waals surface area contributed by atoms with Crippen LogP contribution in [0.5, 0.6) is 0 Å². The van der Waals surface area contributed by atoms with Gasteiger partial charge in [-0.25, -0.2) is 13.1 Å². The summed E-state index contributed by atoms with van der Waals surface area (Å²) in [6.45, 7) is -2.80. The topological polar surface area (TPSA) is 86.3 Å². The van der Waals surface area contributed by atoms with Crippen molar-refractivity contribution < 1.29 is 97.4 Å². The summed E-state index contributed by atoms with van der Waals surface area (Å²) in [4.78, 5) is 10.5. The van der Waals surface area contributed by atoms with Crippen LogP contribution in [-0.4, -0.2) is 99.6 Å². The molecule has 0 aromatic carbocycles. The van der Waals surface area contributed by atoms with Gasteiger partial charge < -0.3 is 14.4 Å². The fourth-order valence-corrected chi connectivity index (χ4v) is 3.61. The molecule has 0 amide bonds. The number of carbonyl (C=O) groups excluding carboxylic acids is 1. The Labute approximate surface area is 206 Å². The molecule has 0 bridgehead atoms. The summed E-state index contributed by atoms with van der Waals surface area (Å²) in [7, 11) is -5.17. The Bertz CT molecular complexity index is 1010. The maximum absolute atomic E-state index is 13.9. The number of alkyl halides is 17. The van der Waals surface area contributed by atoms with Gasteiger partial charge in [0, 0.05) is 13.0 Å². The molecule has 0 aliphatic carbocycles. The monoisotopic (exact) mass is 642 g/mol. The normalized spacial score (nSPS) is 16.0. The Morgan fingerprint density at radius 3 is 1.33 bits per heavy atom. The quantitative estimate of drug-likeness (QED) is 0.180. The van der Waals surface area contributed by atoms with Crippen molar-refractivity contribution in [3.63, 3.8) is 0 Å². The number of carboxylic acid groups (broad SMARTS) is 1. The minimum Gasteiger partial charge on any atom is -0.544 e. The first-order chi connectivity index (χ1) is 16.6. The number of carbonyl (C=O) groups is 1. The highest BCUT2D eigenvalue weighted by Crippen LogP contribution is 2.64. The van der Waals surface area contributed by atoms with E-state index in [1.54, 1.807) is 0 Å². The van der Waals surface area contributed by atoms with Gasteiger partial charge in [0.1, 0.15) is 6.54 Å². The summed E-state index contributed by atoms with van der Waals surface area (Å²) in [6, 6.07) is 0. The van der Waals surface area contributed by atoms with E-state index in [0.29, 0.717) is 4.72 Å². The highest BCUT2D eigenvalue weighted by molar-refractivity contribution is 7.90. The molecule has 0 saturated carbocycles. The minimum atomic E-state index is -8.90. The number of nitrogens with one attached hydrogen (secondary N) is 1. The van der Waals surface area contributed by atoms with Gasteiger partial charge >= 0.3 is 47.0 Å². The van der Waals surface area contributed by atoms with Crippen molar-refractivity contribution in [1.82, 2.24) is 4.72 Å². The third-order valence-corrected chi connectivity index (χ3v) is 6.34. The van der Waals surface area contributed by atoms with Gasteiger partial charge in [-0.3, -0.25) is 0 Å². The first kappa shape index (κ1) is 37.1. The molecule has 1 N–H and O–H groups in total. The molecule has 0 aliphatic rings. The van der Waals surface area contributed by atoms with Gasteiger partial charge in [0.05, 0.1) is 26.6 Å². The van der Waals surface area contributed by atoms with Gasteiger partial charge in [0.2, 0.25) is 0 Å². The number of nitrogens with zero attached hydrogens (tertiary/aromatic N) is 1. The lowest BCUT2D eigenvalue weighted by atomic mass is 9.91. The van der Waals surface area contributed by atoms with Gasteiger partial charge in [-0.2, -0.15) is 74.6 Å². The Hall–Kier alpha value is -1.85. The maximum Gasteiger partial charge on any atom is 0.460 e. The van der Waals surface area contributed by atoms with Crippen LogP contribution in [0.15, 0.2) is 0 Å². The molecule has 0 fully saturated rings. The van der Waals surface area contributed by atoms with Crippen molar-refractivity contribution in [3.8, 4) is 0 Å². The maximum atomic E-state index is 13.9. The summed E-state index contributed by atoms with van der Waals surface area (Å²) in [5.41, 5.74) is 0. The fraction of sp³-hybridized carbons (Fsp3) is 0.933. The zero-order valence-corrected chi connectivity index (χ0v) is 19.6. The van der Waals surface area contributed by atoms with Crippen molar-refractivity contribution in [1.29, 1.82) is 0 Å². The standard InChI is InChI=1S/C15H15F17N2O4S/c1-34(2,6-7(35)36)5-3-4-33-39(37,38)15(31,32)13(26,27)11(22,23)9(18,19)8(16,17)10(20,21)12(24,25)14(28,29)30/h33H,3-6H2,1-2H3. The van der Waals surface area contributed by atoms with E-state index in [1.165, 1.54) is 0 Å². The molecule has 234 valence electrons. The van der Waals surface area contributed by atoms with Gasteiger partial charge in [-0.05, 0) is 0 Å². The molecule has 0 unspecified atom stereocenters. The predicted octanol–water partition coefficient (Wildman–Crippen LogP) is 3.09. The molecular weight excluding hydrogens is 627 g/mol. The average Bonchev–Trinajstić information content (AvgIpc) is 2.68. The van der Waals surface area contributed by atoms with Crippen LogP contribution in [0.2, 0.25) is 0 Å². The predicted molar refractivity (Wildman–Crippen MR) is 89.1 cm³/mol. The lowest BCUT2D eigenvalue weighted by molar-refractivity contribution is -0.884. The molecule has 0 aromatic heterocycles. The van der Waals surface area contributed by atoms with Crippen molar-refractivity contribution in [2.45, 2.75) is 53.4 Å². The Balaban J connectivity index is 6.38. The summed E-state index contributed by atoms with van der Waals surface area (Å²) in [5.74, 6) is -53.6. The number of quaternary nitrogens is 1. The molecule has 39 heavy (non-hydrogen) atoms. The SMILES string of the molecule is C[N+](C)(CCCNS(=O)(=O)C(F)(F)C(F)(F)C(F)(F)C(F)(F)C(F)(F)C(F)(F)C(F)(F)C(F)(F)F)CC(=O)[O-]. The second-order valence-electron chi connectivity index (χ2n) is 8.40. The van der Waals surface area contributed by atoms with Gasteiger partial charge in [0.15, 0.2) is 0 Å². The van der Waals surface area contributed by atoms with Crippen LogP contribution in [0.1, 0.15) is 6.42 Å². The molecule has 0 heterocycles. The highest BCUT2D eigenvalue weighted by Gasteiger charge is 2.96. The average molecular weight is 642 g/mol. The number of sulfonamides is 1. The highest BCUT2D eigenvalue weighted by atomic mass is 32.2. The number of likely N-dealkylation sites (N-methyl/N-ethyl adjacent to an activating group) is 1. The molecule has 0 radical (unpaired) electrons. The number of halogens is 17. The molecule has 0 atom stereocenters. The van der Waals surface area contributed by atoms with E-state index in [0.717, 1.165) is 14.1 Å². The third-order valence-electron chi connectivity index (χ3n) is 4.82. The van der Waals surface area contributed by atoms with Crippen molar-refractivity contribution in [2.75, 3.05) is 33.7 Å². The van der Waals surface area contributed by atoms with Crippen molar-refractivity contribution >= 4 is 16.0 Å². The smallest absolute Gasteiger partial charge is 0.460 e. The summed E-state index contributed by atoms with van der Waals surface area (Å²) in [6.07, 6.45) is -8.69. The van der Waals surface area contributed by atoms with Gasteiger partial charge in [-0.1, -0.05) is 0 Å². The van der Waals surface area contributed by atoms with E-state index >= 15 is 0 Å². The van der Waals surface area contributed by atoms with E-state index in [1.807, 2.05) is 0 Å². The number of hydrogen-bond acceptors (Lipinski definition) is 4. The van der Waals surface area contributed by atoms with E-state index in [9.17, 15) is 93.0 Å². The molecule has 0 aromatic rings. The molecule has 0 spiro atoms. The minimum absolute atomic E-state index is 0.455. The van der Waals surface area contributed by atoms with Crippen LogP contribution in [0.25, 0.3) is 0 Å². The third kappa shape index (κ3) is 5.95. The summed E-state index contributed by atoms with van der Waals surface area (Å²) < 4.78 is 247. The van der Waals surface area contributed by atoms with Crippen LogP contribution in [-0.2, 0) is 14.8 Å². The van der Waals surface area contributed by atoms with Crippen LogP contribution in [0.3, 0.4) is 0 Å². The number of carboxylic acids is 1. The fourth-order valence-electron chi connectivity index (χ4n) is 2.55. The number of rotatable bonds is 14. The number of hydrogen-bond donors (Lipinski definition) is 1. The molecule has 0 saturated heterocycles. The molecule has 0 aliphatic heterocycles. The van der Waals surface area contributed by atoms with Gasteiger partial charge in [0.25, 0.3) is 10.0 Å². The Kier molecular flexibility index (Phi) is 9.72. The van der Waals surface area contributed by atoms with Gasteiger partial charge in [-0.15, -0.1) is 0 Å².